The van der Waals surface area contributed by atoms with Crippen molar-refractivity contribution < 1.29 is 14.7 Å². The van der Waals surface area contributed by atoms with Gasteiger partial charge in [-0.1, -0.05) is 11.6 Å². The summed E-state index contributed by atoms with van der Waals surface area (Å²) < 4.78 is 1.69. The SMILES string of the molecule is Cc1cc(N2C[C@H]3C[C@H]3C2=O)ncc1C(C)n1cc(C(=O)NC2CC(c3cc(Cl)ccc3C#N)C2)c(C(C)O)n1. The van der Waals surface area contributed by atoms with Crippen molar-refractivity contribution in [1.82, 2.24) is 20.1 Å². The minimum atomic E-state index is -0.929. The maximum absolute atomic E-state index is 13.3. The van der Waals surface area contributed by atoms with Crippen molar-refractivity contribution in [2.24, 2.45) is 11.8 Å². The summed E-state index contributed by atoms with van der Waals surface area (Å²) in [6.45, 7) is 6.28. The Bertz CT molecular complexity index is 1550. The third-order valence-corrected chi connectivity index (χ3v) is 8.87. The molecule has 9 nitrogen and oxygen atoms in total. The first-order chi connectivity index (χ1) is 19.1. The molecule has 2 unspecified atom stereocenters. The fraction of sp³-hybridized carbons (Fsp3) is 0.433. The van der Waals surface area contributed by atoms with Gasteiger partial charge < -0.3 is 10.4 Å². The van der Waals surface area contributed by atoms with Crippen LogP contribution in [0.25, 0.3) is 0 Å². The van der Waals surface area contributed by atoms with Crippen LogP contribution in [0.1, 0.15) is 89.5 Å². The van der Waals surface area contributed by atoms with Crippen LogP contribution in [-0.2, 0) is 4.79 Å². The molecule has 2 aliphatic carbocycles. The molecule has 2 saturated carbocycles. The van der Waals surface area contributed by atoms with Crippen LogP contribution in [0, 0.1) is 30.1 Å². The highest BCUT2D eigenvalue weighted by molar-refractivity contribution is 6.30. The number of hydrogen-bond donors (Lipinski definition) is 2. The number of amides is 2. The number of nitrogens with zero attached hydrogens (tertiary/aromatic N) is 5. The number of fused-ring (bicyclic) bond motifs is 1. The Labute approximate surface area is 237 Å². The highest BCUT2D eigenvalue weighted by Crippen LogP contribution is 2.47. The Morgan fingerprint density at radius 1 is 1.25 bits per heavy atom. The first-order valence-electron chi connectivity index (χ1n) is 13.7. The summed E-state index contributed by atoms with van der Waals surface area (Å²) >= 11 is 6.15. The fourth-order valence-corrected chi connectivity index (χ4v) is 6.26. The van der Waals surface area contributed by atoms with E-state index in [2.05, 4.69) is 21.5 Å². The molecular weight excluding hydrogens is 528 g/mol. The van der Waals surface area contributed by atoms with Crippen LogP contribution in [0.2, 0.25) is 5.02 Å². The zero-order chi connectivity index (χ0) is 28.3. The lowest BCUT2D eigenvalue weighted by atomic mass is 9.74. The third-order valence-electron chi connectivity index (χ3n) is 8.63. The summed E-state index contributed by atoms with van der Waals surface area (Å²) in [7, 11) is 0. The second kappa shape index (κ2) is 10.0. The van der Waals surface area contributed by atoms with Crippen molar-refractivity contribution in [2.45, 2.75) is 64.1 Å². The Kier molecular flexibility index (Phi) is 6.64. The van der Waals surface area contributed by atoms with Gasteiger partial charge in [0.1, 0.15) is 11.5 Å². The van der Waals surface area contributed by atoms with Gasteiger partial charge in [-0.05, 0) is 92.8 Å². The maximum Gasteiger partial charge on any atom is 0.255 e. The summed E-state index contributed by atoms with van der Waals surface area (Å²) in [5.41, 5.74) is 4.05. The normalized spacial score (nSPS) is 24.6. The first kappa shape index (κ1) is 26.5. The van der Waals surface area contributed by atoms with E-state index in [1.807, 2.05) is 26.0 Å². The number of hydrogen-bond acceptors (Lipinski definition) is 6. The smallest absolute Gasteiger partial charge is 0.255 e. The molecule has 0 spiro atoms. The van der Waals surface area contributed by atoms with E-state index in [-0.39, 0.29) is 35.7 Å². The number of aliphatic hydroxyl groups excluding tert-OH is 1. The van der Waals surface area contributed by atoms with Gasteiger partial charge in [-0.3, -0.25) is 19.2 Å². The summed E-state index contributed by atoms with van der Waals surface area (Å²) in [5.74, 6) is 1.34. The Morgan fingerprint density at radius 2 is 2.02 bits per heavy atom. The van der Waals surface area contributed by atoms with E-state index in [9.17, 15) is 20.0 Å². The number of benzene rings is 1. The van der Waals surface area contributed by atoms with Gasteiger partial charge in [0.05, 0.1) is 29.3 Å². The van der Waals surface area contributed by atoms with Gasteiger partial charge >= 0.3 is 0 Å². The molecule has 0 bridgehead atoms. The van der Waals surface area contributed by atoms with E-state index in [1.165, 1.54) is 0 Å². The molecule has 3 aromatic rings. The molecule has 6 rings (SSSR count). The number of nitrogens with one attached hydrogen (secondary N) is 1. The molecule has 4 atom stereocenters. The van der Waals surface area contributed by atoms with E-state index in [1.54, 1.807) is 41.0 Å². The number of nitriles is 1. The molecule has 2 aromatic heterocycles. The van der Waals surface area contributed by atoms with Crippen LogP contribution in [-0.4, -0.2) is 44.3 Å². The lowest BCUT2D eigenvalue weighted by Crippen LogP contribution is -2.43. The van der Waals surface area contributed by atoms with Crippen molar-refractivity contribution >= 4 is 29.2 Å². The van der Waals surface area contributed by atoms with E-state index < -0.39 is 6.10 Å². The maximum atomic E-state index is 13.3. The van der Waals surface area contributed by atoms with Gasteiger partial charge in [0.2, 0.25) is 5.91 Å². The zero-order valence-electron chi connectivity index (χ0n) is 22.6. The number of halogens is 1. The van der Waals surface area contributed by atoms with Crippen LogP contribution < -0.4 is 10.2 Å². The molecular formula is C30H31ClN6O3. The van der Waals surface area contributed by atoms with Crippen molar-refractivity contribution in [3.8, 4) is 6.07 Å². The lowest BCUT2D eigenvalue weighted by Gasteiger charge is -2.36. The van der Waals surface area contributed by atoms with Crippen LogP contribution in [0.15, 0.2) is 36.7 Å². The highest BCUT2D eigenvalue weighted by Gasteiger charge is 2.52. The summed E-state index contributed by atoms with van der Waals surface area (Å²) in [5, 5.41) is 28.1. The highest BCUT2D eigenvalue weighted by atomic mass is 35.5. The van der Waals surface area contributed by atoms with Crippen LogP contribution >= 0.6 is 11.6 Å². The molecule has 206 valence electrons. The van der Waals surface area contributed by atoms with E-state index in [4.69, 9.17) is 11.6 Å². The molecule has 0 radical (unpaired) electrons. The van der Waals surface area contributed by atoms with Crippen molar-refractivity contribution in [3.63, 3.8) is 0 Å². The molecule has 2 amide bonds. The minimum absolute atomic E-state index is 0.0519. The molecule has 1 aliphatic heterocycles. The lowest BCUT2D eigenvalue weighted by molar-refractivity contribution is -0.118. The summed E-state index contributed by atoms with van der Waals surface area (Å²) in [6.07, 6.45) is 4.92. The van der Waals surface area contributed by atoms with Gasteiger partial charge in [-0.25, -0.2) is 4.98 Å². The summed E-state index contributed by atoms with van der Waals surface area (Å²) in [6, 6.07) is 9.12. The fourth-order valence-electron chi connectivity index (χ4n) is 6.08. The van der Waals surface area contributed by atoms with Crippen LogP contribution in [0.3, 0.4) is 0 Å². The van der Waals surface area contributed by atoms with E-state index in [0.29, 0.717) is 46.4 Å². The topological polar surface area (TPSA) is 124 Å². The summed E-state index contributed by atoms with van der Waals surface area (Å²) in [4.78, 5) is 32.1. The Balaban J connectivity index is 1.16. The predicted molar refractivity (Wildman–Crippen MR) is 149 cm³/mol. The van der Waals surface area contributed by atoms with E-state index >= 15 is 0 Å². The molecule has 1 aromatic carbocycles. The monoisotopic (exact) mass is 558 g/mol. The molecule has 3 fully saturated rings. The average Bonchev–Trinajstić information content (AvgIpc) is 3.40. The van der Waals surface area contributed by atoms with Crippen LogP contribution in [0.4, 0.5) is 5.82 Å². The minimum Gasteiger partial charge on any atom is -0.387 e. The molecule has 2 N–H and O–H groups in total. The molecule has 3 heterocycles. The Morgan fingerprint density at radius 3 is 2.67 bits per heavy atom. The number of anilines is 1. The van der Waals surface area contributed by atoms with Gasteiger partial charge in [0.15, 0.2) is 0 Å². The van der Waals surface area contributed by atoms with Gasteiger partial charge in [-0.15, -0.1) is 0 Å². The largest absolute Gasteiger partial charge is 0.387 e. The second-order valence-corrected chi connectivity index (χ2v) is 11.8. The Hall–Kier alpha value is -3.74. The van der Waals surface area contributed by atoms with Gasteiger partial charge in [-0.2, -0.15) is 10.4 Å². The number of carbonyl (C=O) groups is 2. The predicted octanol–water partition coefficient (Wildman–Crippen LogP) is 4.43. The number of pyridine rings is 1. The second-order valence-electron chi connectivity index (χ2n) is 11.4. The number of rotatable bonds is 7. The molecule has 10 heteroatoms. The molecule has 40 heavy (non-hydrogen) atoms. The number of aryl methyl sites for hydroxylation is 1. The zero-order valence-corrected chi connectivity index (χ0v) is 23.4. The third kappa shape index (κ3) is 4.65. The van der Waals surface area contributed by atoms with Crippen molar-refractivity contribution in [1.29, 1.82) is 5.26 Å². The van der Waals surface area contributed by atoms with E-state index in [0.717, 1.165) is 29.7 Å². The molecule has 1 saturated heterocycles. The number of aromatic nitrogens is 3. The van der Waals surface area contributed by atoms with Gasteiger partial charge in [0, 0.05) is 35.9 Å². The first-order valence-corrected chi connectivity index (χ1v) is 14.1. The number of carbonyl (C=O) groups excluding carboxylic acids is 2. The van der Waals surface area contributed by atoms with Crippen molar-refractivity contribution in [2.75, 3.05) is 11.4 Å². The number of aliphatic hydroxyl groups is 1. The number of piperidine rings is 1. The van der Waals surface area contributed by atoms with Gasteiger partial charge in [0.25, 0.3) is 5.91 Å². The standard InChI is InChI=1S/C30H31ClN6O3/c1-15-6-27(36-13-20-9-24(20)30(36)40)33-12-25(15)16(2)37-14-26(28(35-37)17(3)38)29(39)34-22-7-19(8-22)23-10-21(31)5-4-18(23)11-32/h4-6,10,12,14,16-17,19-20,22,24,38H,7-9,13H2,1-3H3,(H,34,39)/t16?,17?,19?,20-,22?,24-/m1/s1. The van der Waals surface area contributed by atoms with Crippen molar-refractivity contribution in [3.05, 3.63) is 75.2 Å². The average molecular weight is 559 g/mol. The van der Waals surface area contributed by atoms with Crippen LogP contribution in [0.5, 0.6) is 0 Å². The quantitative estimate of drug-likeness (QED) is 0.442. The molecule has 3 aliphatic rings.